The van der Waals surface area contributed by atoms with E-state index in [4.69, 9.17) is 4.52 Å². The molecule has 2 rings (SSSR count). The van der Waals surface area contributed by atoms with Crippen molar-refractivity contribution in [2.45, 2.75) is 39.7 Å². The van der Waals surface area contributed by atoms with E-state index in [0.29, 0.717) is 12.4 Å². The van der Waals surface area contributed by atoms with Crippen molar-refractivity contribution in [1.82, 2.24) is 20.8 Å². The number of aromatic nitrogens is 2. The molecule has 1 aromatic rings. The lowest BCUT2D eigenvalue weighted by Gasteiger charge is -2.17. The normalized spacial score (nSPS) is 20.1. The number of nitrogens with one attached hydrogen (secondary N) is 2. The molecule has 0 bridgehead atoms. The SMILES string of the molecule is CC(C)(C)CNC(=O)c1noc(C2CCCN2)n1. The third kappa shape index (κ3) is 3.29. The molecular weight excluding hydrogens is 232 g/mol. The molecule has 1 amide bonds. The second kappa shape index (κ2) is 5.06. The summed E-state index contributed by atoms with van der Waals surface area (Å²) in [7, 11) is 0. The zero-order chi connectivity index (χ0) is 13.2. The molecule has 1 aliphatic rings. The lowest BCUT2D eigenvalue weighted by molar-refractivity contribution is 0.0926. The standard InChI is InChI=1S/C12H20N4O2/c1-12(2,3)7-14-10(17)9-15-11(18-16-9)8-5-4-6-13-8/h8,13H,4-7H2,1-3H3,(H,14,17). The van der Waals surface area contributed by atoms with E-state index in [1.54, 1.807) is 0 Å². The molecule has 0 aliphatic carbocycles. The van der Waals surface area contributed by atoms with Crippen LogP contribution >= 0.6 is 0 Å². The van der Waals surface area contributed by atoms with Crippen LogP contribution in [0.25, 0.3) is 0 Å². The van der Waals surface area contributed by atoms with Gasteiger partial charge in [-0.2, -0.15) is 4.98 Å². The fourth-order valence-electron chi connectivity index (χ4n) is 1.79. The Balaban J connectivity index is 1.94. The minimum Gasteiger partial charge on any atom is -0.349 e. The number of hydrogen-bond acceptors (Lipinski definition) is 5. The summed E-state index contributed by atoms with van der Waals surface area (Å²) >= 11 is 0. The molecule has 2 N–H and O–H groups in total. The van der Waals surface area contributed by atoms with Crippen molar-refractivity contribution in [1.29, 1.82) is 0 Å². The Morgan fingerprint density at radius 3 is 2.94 bits per heavy atom. The van der Waals surface area contributed by atoms with Gasteiger partial charge < -0.3 is 15.2 Å². The van der Waals surface area contributed by atoms with Crippen LogP contribution in [-0.2, 0) is 0 Å². The van der Waals surface area contributed by atoms with Crippen LogP contribution < -0.4 is 10.6 Å². The van der Waals surface area contributed by atoms with Gasteiger partial charge in [0.25, 0.3) is 11.7 Å². The topological polar surface area (TPSA) is 80.0 Å². The second-order valence-electron chi connectivity index (χ2n) is 5.85. The van der Waals surface area contributed by atoms with Crippen LogP contribution in [0.3, 0.4) is 0 Å². The first-order chi connectivity index (χ1) is 8.46. The molecule has 0 saturated carbocycles. The smallest absolute Gasteiger partial charge is 0.292 e. The Morgan fingerprint density at radius 2 is 2.33 bits per heavy atom. The van der Waals surface area contributed by atoms with Crippen LogP contribution in [0, 0.1) is 5.41 Å². The van der Waals surface area contributed by atoms with Gasteiger partial charge in [0.1, 0.15) is 0 Å². The molecule has 1 aromatic heterocycles. The van der Waals surface area contributed by atoms with Crippen LogP contribution in [0.5, 0.6) is 0 Å². The maximum absolute atomic E-state index is 11.8. The number of nitrogens with zero attached hydrogens (tertiary/aromatic N) is 2. The highest BCUT2D eigenvalue weighted by atomic mass is 16.5. The molecule has 2 heterocycles. The molecule has 6 nitrogen and oxygen atoms in total. The largest absolute Gasteiger partial charge is 0.349 e. The average Bonchev–Trinajstić information content (AvgIpc) is 2.94. The van der Waals surface area contributed by atoms with E-state index in [1.165, 1.54) is 0 Å². The van der Waals surface area contributed by atoms with Crippen molar-refractivity contribution in [3.05, 3.63) is 11.7 Å². The van der Waals surface area contributed by atoms with Gasteiger partial charge in [-0.25, -0.2) is 0 Å². The fourth-order valence-corrected chi connectivity index (χ4v) is 1.79. The van der Waals surface area contributed by atoms with Crippen molar-refractivity contribution in [2.24, 2.45) is 5.41 Å². The van der Waals surface area contributed by atoms with Gasteiger partial charge in [0.2, 0.25) is 5.89 Å². The average molecular weight is 252 g/mol. The highest BCUT2D eigenvalue weighted by molar-refractivity contribution is 5.90. The summed E-state index contributed by atoms with van der Waals surface area (Å²) < 4.78 is 5.12. The van der Waals surface area contributed by atoms with Crippen LogP contribution in [0.1, 0.15) is 56.2 Å². The van der Waals surface area contributed by atoms with Gasteiger partial charge in [0.05, 0.1) is 6.04 Å². The highest BCUT2D eigenvalue weighted by Crippen LogP contribution is 2.21. The summed E-state index contributed by atoms with van der Waals surface area (Å²) in [5.74, 6) is 0.342. The van der Waals surface area contributed by atoms with Gasteiger partial charge in [0, 0.05) is 6.54 Å². The van der Waals surface area contributed by atoms with Crippen LogP contribution in [0.2, 0.25) is 0 Å². The van der Waals surface area contributed by atoms with Crippen LogP contribution in [-0.4, -0.2) is 29.1 Å². The fraction of sp³-hybridized carbons (Fsp3) is 0.750. The minimum absolute atomic E-state index is 0.0369. The summed E-state index contributed by atoms with van der Waals surface area (Å²) in [6, 6.07) is 0.0988. The zero-order valence-corrected chi connectivity index (χ0v) is 11.1. The summed E-state index contributed by atoms with van der Waals surface area (Å²) in [6.07, 6.45) is 2.07. The van der Waals surface area contributed by atoms with Crippen LogP contribution in [0.4, 0.5) is 0 Å². The first-order valence-corrected chi connectivity index (χ1v) is 6.31. The zero-order valence-electron chi connectivity index (χ0n) is 11.1. The molecule has 18 heavy (non-hydrogen) atoms. The maximum atomic E-state index is 11.8. The number of rotatable bonds is 3. The Kier molecular flexibility index (Phi) is 3.65. The van der Waals surface area contributed by atoms with Gasteiger partial charge in [-0.3, -0.25) is 4.79 Å². The number of carbonyl (C=O) groups is 1. The van der Waals surface area contributed by atoms with Crippen molar-refractivity contribution in [3.8, 4) is 0 Å². The van der Waals surface area contributed by atoms with Crippen molar-refractivity contribution < 1.29 is 9.32 Å². The molecule has 100 valence electrons. The van der Waals surface area contributed by atoms with E-state index < -0.39 is 0 Å². The summed E-state index contributed by atoms with van der Waals surface area (Å²) in [5.41, 5.74) is 0.0369. The Morgan fingerprint density at radius 1 is 1.56 bits per heavy atom. The van der Waals surface area contributed by atoms with Gasteiger partial charge in [-0.15, -0.1) is 0 Å². The molecule has 1 atom stereocenters. The third-order valence-electron chi connectivity index (χ3n) is 2.78. The van der Waals surface area contributed by atoms with E-state index in [-0.39, 0.29) is 23.2 Å². The van der Waals surface area contributed by atoms with E-state index in [9.17, 15) is 4.79 Å². The minimum atomic E-state index is -0.280. The lowest BCUT2D eigenvalue weighted by atomic mass is 9.97. The maximum Gasteiger partial charge on any atom is 0.292 e. The first-order valence-electron chi connectivity index (χ1n) is 6.31. The monoisotopic (exact) mass is 252 g/mol. The summed E-state index contributed by atoms with van der Waals surface area (Å²) in [5, 5.41) is 9.78. The van der Waals surface area contributed by atoms with E-state index in [1.807, 2.05) is 0 Å². The van der Waals surface area contributed by atoms with Crippen LogP contribution in [0.15, 0.2) is 4.52 Å². The molecular formula is C12H20N4O2. The Hall–Kier alpha value is -1.43. The van der Waals surface area contributed by atoms with E-state index in [2.05, 4.69) is 41.5 Å². The van der Waals surface area contributed by atoms with Gasteiger partial charge in [-0.1, -0.05) is 25.9 Å². The molecule has 0 aromatic carbocycles. The quantitative estimate of drug-likeness (QED) is 0.846. The third-order valence-corrected chi connectivity index (χ3v) is 2.78. The molecule has 1 fully saturated rings. The second-order valence-corrected chi connectivity index (χ2v) is 5.85. The van der Waals surface area contributed by atoms with Crippen molar-refractivity contribution in [3.63, 3.8) is 0 Å². The molecule has 6 heteroatoms. The summed E-state index contributed by atoms with van der Waals surface area (Å²) in [6.45, 7) is 7.70. The van der Waals surface area contributed by atoms with Crippen molar-refractivity contribution in [2.75, 3.05) is 13.1 Å². The highest BCUT2D eigenvalue weighted by Gasteiger charge is 2.24. The molecule has 1 aliphatic heterocycles. The van der Waals surface area contributed by atoms with E-state index in [0.717, 1.165) is 19.4 Å². The predicted octanol–water partition coefficient (Wildman–Crippen LogP) is 1.27. The summed E-state index contributed by atoms with van der Waals surface area (Å²) in [4.78, 5) is 15.9. The number of amides is 1. The lowest BCUT2D eigenvalue weighted by Crippen LogP contribution is -2.32. The Labute approximate surface area is 107 Å². The van der Waals surface area contributed by atoms with Gasteiger partial charge in [0.15, 0.2) is 0 Å². The van der Waals surface area contributed by atoms with Crippen molar-refractivity contribution >= 4 is 5.91 Å². The molecule has 1 saturated heterocycles. The molecule has 1 unspecified atom stereocenters. The Bertz CT molecular complexity index is 416. The van der Waals surface area contributed by atoms with E-state index >= 15 is 0 Å². The molecule has 0 spiro atoms. The van der Waals surface area contributed by atoms with Gasteiger partial charge in [-0.05, 0) is 24.8 Å². The van der Waals surface area contributed by atoms with Gasteiger partial charge >= 0.3 is 0 Å². The number of hydrogen-bond donors (Lipinski definition) is 2. The molecule has 0 radical (unpaired) electrons. The number of carbonyl (C=O) groups excluding carboxylic acids is 1. The predicted molar refractivity (Wildman–Crippen MR) is 66.1 cm³/mol. The first kappa shape index (κ1) is 13.0.